The Morgan fingerprint density at radius 1 is 1.32 bits per heavy atom. The van der Waals surface area contributed by atoms with Crippen LogP contribution in [0.3, 0.4) is 0 Å². The Labute approximate surface area is 127 Å². The smallest absolute Gasteiger partial charge is 0.328 e. The molecule has 1 atom stereocenters. The normalized spacial score (nSPS) is 11.5. The van der Waals surface area contributed by atoms with Gasteiger partial charge in [-0.25, -0.2) is 9.18 Å². The first-order chi connectivity index (χ1) is 10.6. The first-order valence-electron chi connectivity index (χ1n) is 6.63. The highest BCUT2D eigenvalue weighted by molar-refractivity contribution is 5.96. The van der Waals surface area contributed by atoms with Crippen molar-refractivity contribution >= 4 is 11.9 Å². The van der Waals surface area contributed by atoms with Gasteiger partial charge in [0.1, 0.15) is 11.9 Å². The van der Waals surface area contributed by atoms with Gasteiger partial charge in [0.25, 0.3) is 5.91 Å². The molecule has 0 aliphatic carbocycles. The maximum atomic E-state index is 13.2. The molecule has 0 unspecified atom stereocenters. The Bertz CT molecular complexity index is 661. The summed E-state index contributed by atoms with van der Waals surface area (Å²) in [5.41, 5.74) is 0.914. The summed E-state index contributed by atoms with van der Waals surface area (Å²) in [6.07, 6.45) is 3.07. The van der Waals surface area contributed by atoms with Crippen molar-refractivity contribution in [1.29, 1.82) is 0 Å². The van der Waals surface area contributed by atoms with E-state index in [0.717, 1.165) is 0 Å². The van der Waals surface area contributed by atoms with Gasteiger partial charge in [-0.2, -0.15) is 0 Å². The number of rotatable bonds is 5. The largest absolute Gasteiger partial charge is 0.467 e. The summed E-state index contributed by atoms with van der Waals surface area (Å²) in [4.78, 5) is 27.8. The van der Waals surface area contributed by atoms with Crippen molar-refractivity contribution in [3.63, 3.8) is 0 Å². The van der Waals surface area contributed by atoms with Gasteiger partial charge in [-0.1, -0.05) is 12.1 Å². The second-order valence-corrected chi connectivity index (χ2v) is 4.62. The van der Waals surface area contributed by atoms with Gasteiger partial charge in [0.15, 0.2) is 0 Å². The van der Waals surface area contributed by atoms with Crippen LogP contribution >= 0.6 is 0 Å². The first kappa shape index (κ1) is 15.6. The lowest BCUT2D eigenvalue weighted by Crippen LogP contribution is -2.43. The van der Waals surface area contributed by atoms with E-state index in [1.165, 1.54) is 25.4 Å². The lowest BCUT2D eigenvalue weighted by atomic mass is 10.1. The standard InChI is InChI=1S/C16H15FN2O3/c1-22-16(21)14(9-11-4-2-6-13(17)8-11)19-15(20)12-5-3-7-18-10-12/h2-8,10,14H,9H2,1H3,(H,19,20)/t14-/m1/s1. The number of esters is 1. The van der Waals surface area contributed by atoms with E-state index in [9.17, 15) is 14.0 Å². The summed E-state index contributed by atoms with van der Waals surface area (Å²) in [6, 6.07) is 8.14. The molecule has 1 aromatic heterocycles. The van der Waals surface area contributed by atoms with Crippen LogP contribution in [0.1, 0.15) is 15.9 Å². The zero-order valence-electron chi connectivity index (χ0n) is 12.0. The van der Waals surface area contributed by atoms with Crippen molar-refractivity contribution in [2.75, 3.05) is 7.11 Å². The summed E-state index contributed by atoms with van der Waals surface area (Å²) >= 11 is 0. The molecule has 1 heterocycles. The van der Waals surface area contributed by atoms with Gasteiger partial charge in [-0.3, -0.25) is 9.78 Å². The molecule has 5 nitrogen and oxygen atoms in total. The number of amides is 1. The Balaban J connectivity index is 2.13. The molecule has 114 valence electrons. The quantitative estimate of drug-likeness (QED) is 0.854. The average molecular weight is 302 g/mol. The number of nitrogens with one attached hydrogen (secondary N) is 1. The molecule has 0 aliphatic heterocycles. The number of halogens is 1. The first-order valence-corrected chi connectivity index (χ1v) is 6.63. The SMILES string of the molecule is COC(=O)[C@@H](Cc1cccc(F)c1)NC(=O)c1cccnc1. The van der Waals surface area contributed by atoms with Gasteiger partial charge in [-0.15, -0.1) is 0 Å². The fourth-order valence-corrected chi connectivity index (χ4v) is 1.97. The number of pyridine rings is 1. The van der Waals surface area contributed by atoms with E-state index in [1.807, 2.05) is 0 Å². The zero-order valence-corrected chi connectivity index (χ0v) is 12.0. The fourth-order valence-electron chi connectivity index (χ4n) is 1.97. The molecule has 1 N–H and O–H groups in total. The summed E-state index contributed by atoms with van der Waals surface area (Å²) in [6.45, 7) is 0. The number of hydrogen-bond acceptors (Lipinski definition) is 4. The maximum Gasteiger partial charge on any atom is 0.328 e. The van der Waals surface area contributed by atoms with Gasteiger partial charge >= 0.3 is 5.97 Å². The van der Waals surface area contributed by atoms with Crippen LogP contribution in [0.25, 0.3) is 0 Å². The maximum absolute atomic E-state index is 13.2. The van der Waals surface area contributed by atoms with E-state index in [0.29, 0.717) is 11.1 Å². The second kappa shape index (κ2) is 7.31. The molecule has 0 fully saturated rings. The van der Waals surface area contributed by atoms with Crippen LogP contribution in [-0.2, 0) is 16.0 Å². The minimum Gasteiger partial charge on any atom is -0.467 e. The molecule has 0 spiro atoms. The molecule has 2 aromatic rings. The minimum absolute atomic E-state index is 0.135. The molecule has 1 amide bonds. The molecule has 2 rings (SSSR count). The Hall–Kier alpha value is -2.76. The highest BCUT2D eigenvalue weighted by Crippen LogP contribution is 2.08. The number of nitrogens with zero attached hydrogens (tertiary/aromatic N) is 1. The summed E-state index contributed by atoms with van der Waals surface area (Å²) in [7, 11) is 1.23. The number of methoxy groups -OCH3 is 1. The molecule has 0 saturated heterocycles. The van der Waals surface area contributed by atoms with Crippen molar-refractivity contribution in [3.05, 3.63) is 65.7 Å². The number of benzene rings is 1. The third-order valence-electron chi connectivity index (χ3n) is 3.04. The minimum atomic E-state index is -0.903. The van der Waals surface area contributed by atoms with E-state index in [2.05, 4.69) is 15.0 Å². The van der Waals surface area contributed by atoms with E-state index in [1.54, 1.807) is 30.5 Å². The molecule has 0 saturated carbocycles. The van der Waals surface area contributed by atoms with Crippen molar-refractivity contribution in [1.82, 2.24) is 10.3 Å². The molecule has 6 heteroatoms. The predicted molar refractivity (Wildman–Crippen MR) is 77.6 cm³/mol. The third kappa shape index (κ3) is 4.12. The molecule has 0 bridgehead atoms. The molecule has 22 heavy (non-hydrogen) atoms. The Morgan fingerprint density at radius 3 is 2.77 bits per heavy atom. The lowest BCUT2D eigenvalue weighted by Gasteiger charge is -2.16. The van der Waals surface area contributed by atoms with Crippen molar-refractivity contribution in [3.8, 4) is 0 Å². The van der Waals surface area contributed by atoms with Crippen molar-refractivity contribution in [2.45, 2.75) is 12.5 Å². The fraction of sp³-hybridized carbons (Fsp3) is 0.188. The van der Waals surface area contributed by atoms with E-state index in [4.69, 9.17) is 0 Å². The van der Waals surface area contributed by atoms with Crippen LogP contribution in [0.15, 0.2) is 48.8 Å². The number of carbonyl (C=O) groups is 2. The molecule has 0 aliphatic rings. The van der Waals surface area contributed by atoms with Crippen LogP contribution < -0.4 is 5.32 Å². The Morgan fingerprint density at radius 2 is 2.14 bits per heavy atom. The van der Waals surface area contributed by atoms with E-state index >= 15 is 0 Å². The van der Waals surface area contributed by atoms with Crippen molar-refractivity contribution < 1.29 is 18.7 Å². The second-order valence-electron chi connectivity index (χ2n) is 4.62. The lowest BCUT2D eigenvalue weighted by molar-refractivity contribution is -0.142. The molecular weight excluding hydrogens is 287 g/mol. The summed E-state index contributed by atoms with van der Waals surface area (Å²) < 4.78 is 17.9. The number of carbonyl (C=O) groups excluding carboxylic acids is 2. The van der Waals surface area contributed by atoms with Crippen LogP contribution in [-0.4, -0.2) is 30.0 Å². The molecule has 1 aromatic carbocycles. The average Bonchev–Trinajstić information content (AvgIpc) is 2.54. The van der Waals surface area contributed by atoms with Gasteiger partial charge < -0.3 is 10.1 Å². The molecule has 0 radical (unpaired) electrons. The van der Waals surface area contributed by atoms with Gasteiger partial charge in [0.2, 0.25) is 0 Å². The highest BCUT2D eigenvalue weighted by Gasteiger charge is 2.22. The third-order valence-corrected chi connectivity index (χ3v) is 3.04. The van der Waals surface area contributed by atoms with E-state index < -0.39 is 23.7 Å². The van der Waals surface area contributed by atoms with Gasteiger partial charge in [0.05, 0.1) is 12.7 Å². The predicted octanol–water partition coefficient (Wildman–Crippen LogP) is 1.73. The number of aromatic nitrogens is 1. The van der Waals surface area contributed by atoms with Crippen molar-refractivity contribution in [2.24, 2.45) is 0 Å². The monoisotopic (exact) mass is 302 g/mol. The van der Waals surface area contributed by atoms with Gasteiger partial charge in [0, 0.05) is 18.8 Å². The van der Waals surface area contributed by atoms with Crippen LogP contribution in [0, 0.1) is 5.82 Å². The van der Waals surface area contributed by atoms with Gasteiger partial charge in [-0.05, 0) is 29.8 Å². The van der Waals surface area contributed by atoms with Crippen LogP contribution in [0.5, 0.6) is 0 Å². The highest BCUT2D eigenvalue weighted by atomic mass is 19.1. The van der Waals surface area contributed by atoms with E-state index in [-0.39, 0.29) is 6.42 Å². The Kier molecular flexibility index (Phi) is 5.19. The zero-order chi connectivity index (χ0) is 15.9. The summed E-state index contributed by atoms with van der Waals surface area (Å²) in [5, 5.41) is 2.58. The van der Waals surface area contributed by atoms with Crippen LogP contribution in [0.2, 0.25) is 0 Å². The topological polar surface area (TPSA) is 68.3 Å². The summed E-state index contributed by atoms with van der Waals surface area (Å²) in [5.74, 6) is -1.44. The molecular formula is C16H15FN2O3. The number of hydrogen-bond donors (Lipinski definition) is 1. The van der Waals surface area contributed by atoms with Crippen LogP contribution in [0.4, 0.5) is 4.39 Å². The number of ether oxygens (including phenoxy) is 1.